The van der Waals surface area contributed by atoms with Gasteiger partial charge in [-0.3, -0.25) is 0 Å². The van der Waals surface area contributed by atoms with Gasteiger partial charge in [0.25, 0.3) is 0 Å². The van der Waals surface area contributed by atoms with Crippen molar-refractivity contribution in [1.82, 2.24) is 0 Å². The molecule has 0 atom stereocenters. The lowest BCUT2D eigenvalue weighted by Gasteiger charge is -2.10. The molecule has 2 nitrogen and oxygen atoms in total. The number of rotatable bonds is 4. The van der Waals surface area contributed by atoms with Crippen LogP contribution in [0.4, 0.5) is 0 Å². The Kier molecular flexibility index (Phi) is 4.29. The lowest BCUT2D eigenvalue weighted by Crippen LogP contribution is -1.92. The van der Waals surface area contributed by atoms with Gasteiger partial charge in [0.05, 0.1) is 13.7 Å². The normalized spacial score (nSPS) is 10.3. The van der Waals surface area contributed by atoms with Gasteiger partial charge in [-0.1, -0.05) is 0 Å². The first-order chi connectivity index (χ1) is 6.69. The van der Waals surface area contributed by atoms with Gasteiger partial charge in [0.1, 0.15) is 5.75 Å². The number of aliphatic hydroxyl groups is 1. The molecule has 1 aromatic rings. The van der Waals surface area contributed by atoms with Crippen LogP contribution >= 0.6 is 11.8 Å². The first kappa shape index (κ1) is 11.4. The number of benzene rings is 1. The van der Waals surface area contributed by atoms with E-state index in [0.29, 0.717) is 0 Å². The van der Waals surface area contributed by atoms with Crippen molar-refractivity contribution in [3.63, 3.8) is 0 Å². The predicted molar refractivity (Wildman–Crippen MR) is 60.3 cm³/mol. The van der Waals surface area contributed by atoms with Crippen LogP contribution in [0.3, 0.4) is 0 Å². The summed E-state index contributed by atoms with van der Waals surface area (Å²) in [6.07, 6.45) is 0. The molecule has 0 bridgehead atoms. The summed E-state index contributed by atoms with van der Waals surface area (Å²) in [5.41, 5.74) is 2.34. The van der Waals surface area contributed by atoms with Crippen LogP contribution in [-0.4, -0.2) is 24.6 Å². The number of methoxy groups -OCH3 is 1. The van der Waals surface area contributed by atoms with Crippen molar-refractivity contribution < 1.29 is 9.84 Å². The third-order valence-electron chi connectivity index (χ3n) is 2.04. The van der Waals surface area contributed by atoms with Gasteiger partial charge in [-0.15, -0.1) is 11.8 Å². The van der Waals surface area contributed by atoms with Crippen molar-refractivity contribution in [1.29, 1.82) is 0 Å². The molecular weight excluding hydrogens is 196 g/mol. The van der Waals surface area contributed by atoms with Crippen molar-refractivity contribution in [3.05, 3.63) is 23.3 Å². The molecule has 0 aromatic heterocycles. The van der Waals surface area contributed by atoms with Crippen LogP contribution < -0.4 is 4.74 Å². The zero-order chi connectivity index (χ0) is 10.6. The van der Waals surface area contributed by atoms with Gasteiger partial charge in [0.2, 0.25) is 0 Å². The van der Waals surface area contributed by atoms with Crippen molar-refractivity contribution in [2.45, 2.75) is 18.7 Å². The molecule has 0 fully saturated rings. The summed E-state index contributed by atoms with van der Waals surface area (Å²) in [7, 11) is 1.68. The first-order valence-electron chi connectivity index (χ1n) is 4.58. The smallest absolute Gasteiger partial charge is 0.122 e. The number of ether oxygens (including phenoxy) is 1. The average Bonchev–Trinajstić information content (AvgIpc) is 2.18. The van der Waals surface area contributed by atoms with E-state index in [-0.39, 0.29) is 6.61 Å². The molecule has 78 valence electrons. The van der Waals surface area contributed by atoms with Crippen molar-refractivity contribution in [2.24, 2.45) is 0 Å². The fourth-order valence-corrected chi connectivity index (χ4v) is 2.15. The Morgan fingerprint density at radius 3 is 2.57 bits per heavy atom. The molecule has 1 N–H and O–H groups in total. The maximum absolute atomic E-state index is 8.74. The molecule has 0 aliphatic rings. The molecule has 3 heteroatoms. The standard InChI is InChI=1S/C11H16O2S/c1-8-7-11(14-5-4-12)9(2)6-10(8)13-3/h6-7,12H,4-5H2,1-3H3. The second-order valence-corrected chi connectivity index (χ2v) is 4.30. The van der Waals surface area contributed by atoms with Gasteiger partial charge in [-0.05, 0) is 37.1 Å². The molecule has 14 heavy (non-hydrogen) atoms. The maximum atomic E-state index is 8.74. The fourth-order valence-electron chi connectivity index (χ4n) is 1.29. The summed E-state index contributed by atoms with van der Waals surface area (Å²) in [5.74, 6) is 1.67. The van der Waals surface area contributed by atoms with Crippen LogP contribution in [-0.2, 0) is 0 Å². The van der Waals surface area contributed by atoms with Crippen LogP contribution in [0.1, 0.15) is 11.1 Å². The minimum atomic E-state index is 0.217. The first-order valence-corrected chi connectivity index (χ1v) is 5.56. The summed E-state index contributed by atoms with van der Waals surface area (Å²) in [5, 5.41) is 8.74. The zero-order valence-electron chi connectivity index (χ0n) is 8.83. The Labute approximate surface area is 89.3 Å². The molecule has 0 spiro atoms. The van der Waals surface area contributed by atoms with Gasteiger partial charge in [-0.25, -0.2) is 0 Å². The van der Waals surface area contributed by atoms with Crippen molar-refractivity contribution in [3.8, 4) is 5.75 Å². The lowest BCUT2D eigenvalue weighted by molar-refractivity contribution is 0.322. The molecule has 1 rings (SSSR count). The highest BCUT2D eigenvalue weighted by atomic mass is 32.2. The molecule has 0 saturated carbocycles. The van der Waals surface area contributed by atoms with E-state index in [1.807, 2.05) is 13.0 Å². The van der Waals surface area contributed by atoms with Crippen LogP contribution in [0.5, 0.6) is 5.75 Å². The fraction of sp³-hybridized carbons (Fsp3) is 0.455. The van der Waals surface area contributed by atoms with Gasteiger partial charge >= 0.3 is 0 Å². The second-order valence-electron chi connectivity index (χ2n) is 3.16. The van der Waals surface area contributed by atoms with Crippen LogP contribution in [0.25, 0.3) is 0 Å². The minimum Gasteiger partial charge on any atom is -0.496 e. The summed E-state index contributed by atoms with van der Waals surface area (Å²) in [6.45, 7) is 4.30. The zero-order valence-corrected chi connectivity index (χ0v) is 9.65. The molecule has 0 radical (unpaired) electrons. The second kappa shape index (κ2) is 5.27. The highest BCUT2D eigenvalue weighted by Gasteiger charge is 2.04. The number of aryl methyl sites for hydroxylation is 2. The Morgan fingerprint density at radius 1 is 1.29 bits per heavy atom. The summed E-state index contributed by atoms with van der Waals surface area (Å²) in [6, 6.07) is 4.14. The SMILES string of the molecule is COc1cc(C)c(SCCO)cc1C. The number of aliphatic hydroxyl groups excluding tert-OH is 1. The highest BCUT2D eigenvalue weighted by Crippen LogP contribution is 2.29. The number of thioether (sulfide) groups is 1. The van der Waals surface area contributed by atoms with E-state index in [1.54, 1.807) is 18.9 Å². The van der Waals surface area contributed by atoms with E-state index in [1.165, 1.54) is 10.5 Å². The van der Waals surface area contributed by atoms with Crippen LogP contribution in [0, 0.1) is 13.8 Å². The van der Waals surface area contributed by atoms with Crippen molar-refractivity contribution >= 4 is 11.8 Å². The largest absolute Gasteiger partial charge is 0.496 e. The quantitative estimate of drug-likeness (QED) is 0.777. The minimum absolute atomic E-state index is 0.217. The summed E-state index contributed by atoms with van der Waals surface area (Å²) < 4.78 is 5.23. The molecule has 0 amide bonds. The van der Waals surface area contributed by atoms with E-state index in [2.05, 4.69) is 13.0 Å². The van der Waals surface area contributed by atoms with Crippen LogP contribution in [0.2, 0.25) is 0 Å². The Balaban J connectivity index is 2.90. The van der Waals surface area contributed by atoms with Gasteiger partial charge in [0.15, 0.2) is 0 Å². The molecule has 1 aromatic carbocycles. The lowest BCUT2D eigenvalue weighted by atomic mass is 10.1. The van der Waals surface area contributed by atoms with Gasteiger partial charge in [-0.2, -0.15) is 0 Å². The van der Waals surface area contributed by atoms with E-state index in [0.717, 1.165) is 17.1 Å². The van der Waals surface area contributed by atoms with E-state index >= 15 is 0 Å². The average molecular weight is 212 g/mol. The molecular formula is C11H16O2S. The molecule has 0 unspecified atom stereocenters. The van der Waals surface area contributed by atoms with Gasteiger partial charge < -0.3 is 9.84 Å². The molecule has 0 aliphatic carbocycles. The number of hydrogen-bond donors (Lipinski definition) is 1. The van der Waals surface area contributed by atoms with E-state index in [4.69, 9.17) is 9.84 Å². The van der Waals surface area contributed by atoms with Gasteiger partial charge in [0, 0.05) is 10.6 Å². The summed E-state index contributed by atoms with van der Waals surface area (Å²) in [4.78, 5) is 1.22. The Bertz CT molecular complexity index is 310. The predicted octanol–water partition coefficient (Wildman–Crippen LogP) is 2.40. The summed E-state index contributed by atoms with van der Waals surface area (Å²) >= 11 is 1.67. The third kappa shape index (κ3) is 2.66. The number of hydrogen-bond acceptors (Lipinski definition) is 3. The van der Waals surface area contributed by atoms with E-state index < -0.39 is 0 Å². The monoisotopic (exact) mass is 212 g/mol. The van der Waals surface area contributed by atoms with Crippen molar-refractivity contribution in [2.75, 3.05) is 19.5 Å². The topological polar surface area (TPSA) is 29.5 Å². The third-order valence-corrected chi connectivity index (χ3v) is 3.18. The Hall–Kier alpha value is -0.670. The van der Waals surface area contributed by atoms with E-state index in [9.17, 15) is 0 Å². The maximum Gasteiger partial charge on any atom is 0.122 e. The molecule has 0 heterocycles. The Morgan fingerprint density at radius 2 is 2.00 bits per heavy atom. The molecule has 0 aliphatic heterocycles. The van der Waals surface area contributed by atoms with Crippen LogP contribution in [0.15, 0.2) is 17.0 Å². The molecule has 0 saturated heterocycles. The highest BCUT2D eigenvalue weighted by molar-refractivity contribution is 7.99.